The van der Waals surface area contributed by atoms with Crippen LogP contribution in [0.4, 0.5) is 0 Å². The van der Waals surface area contributed by atoms with Crippen molar-refractivity contribution in [2.24, 2.45) is 0 Å². The lowest BCUT2D eigenvalue weighted by atomic mass is 9.95. The van der Waals surface area contributed by atoms with Crippen molar-refractivity contribution < 1.29 is 4.79 Å². The zero-order chi connectivity index (χ0) is 14.6. The Labute approximate surface area is 127 Å². The molecular weight excluding hydrogens is 316 g/mol. The molecule has 3 nitrogen and oxygen atoms in total. The van der Waals surface area contributed by atoms with Crippen LogP contribution in [-0.4, -0.2) is 21.8 Å². The van der Waals surface area contributed by atoms with Crippen LogP contribution in [-0.2, 0) is 0 Å². The molecule has 0 aliphatic rings. The van der Waals surface area contributed by atoms with E-state index in [0.29, 0.717) is 5.69 Å². The average molecular weight is 335 g/mol. The molecule has 1 atom stereocenters. The molecule has 1 heterocycles. The van der Waals surface area contributed by atoms with Gasteiger partial charge in [-0.2, -0.15) is 0 Å². The summed E-state index contributed by atoms with van der Waals surface area (Å²) < 4.78 is 0. The van der Waals surface area contributed by atoms with Gasteiger partial charge in [-0.1, -0.05) is 47.1 Å². The number of aromatic nitrogens is 1. The minimum Gasteiger partial charge on any atom is -0.346 e. The van der Waals surface area contributed by atoms with Gasteiger partial charge in [-0.25, -0.2) is 0 Å². The van der Waals surface area contributed by atoms with Gasteiger partial charge in [0.1, 0.15) is 5.69 Å². The van der Waals surface area contributed by atoms with Crippen molar-refractivity contribution in [2.45, 2.75) is 32.2 Å². The summed E-state index contributed by atoms with van der Waals surface area (Å²) in [6, 6.07) is 9.74. The third-order valence-electron chi connectivity index (χ3n) is 3.73. The third kappa shape index (κ3) is 3.18. The summed E-state index contributed by atoms with van der Waals surface area (Å²) in [7, 11) is 0. The van der Waals surface area contributed by atoms with Gasteiger partial charge in [-0.15, -0.1) is 0 Å². The molecule has 0 aliphatic heterocycles. The van der Waals surface area contributed by atoms with Crippen molar-refractivity contribution in [3.05, 3.63) is 42.2 Å². The Bertz CT molecular complexity index is 609. The van der Waals surface area contributed by atoms with Crippen molar-refractivity contribution in [3.63, 3.8) is 0 Å². The maximum atomic E-state index is 12.5. The van der Waals surface area contributed by atoms with Gasteiger partial charge in [0.2, 0.25) is 0 Å². The molecule has 0 radical (unpaired) electrons. The second-order valence-electron chi connectivity index (χ2n) is 5.19. The highest BCUT2D eigenvalue weighted by Crippen LogP contribution is 2.20. The highest BCUT2D eigenvalue weighted by molar-refractivity contribution is 9.09. The van der Waals surface area contributed by atoms with E-state index in [2.05, 4.69) is 40.1 Å². The highest BCUT2D eigenvalue weighted by Gasteiger charge is 2.25. The number of halogens is 1. The van der Waals surface area contributed by atoms with Crippen LogP contribution < -0.4 is 5.32 Å². The summed E-state index contributed by atoms with van der Waals surface area (Å²) in [6.45, 7) is 4.15. The second kappa shape index (κ2) is 6.35. The van der Waals surface area contributed by atoms with E-state index in [0.717, 1.165) is 28.9 Å². The van der Waals surface area contributed by atoms with Crippen LogP contribution in [0.15, 0.2) is 36.5 Å². The average Bonchev–Trinajstić information content (AvgIpc) is 2.46. The van der Waals surface area contributed by atoms with Crippen molar-refractivity contribution in [1.29, 1.82) is 0 Å². The molecular formula is C16H19BrN2O. The number of benzene rings is 1. The van der Waals surface area contributed by atoms with Crippen LogP contribution >= 0.6 is 15.9 Å². The molecule has 0 spiro atoms. The molecule has 2 aromatic rings. The first-order valence-corrected chi connectivity index (χ1v) is 7.94. The molecule has 0 saturated carbocycles. The first-order valence-electron chi connectivity index (χ1n) is 6.82. The van der Waals surface area contributed by atoms with Gasteiger partial charge in [0, 0.05) is 22.5 Å². The van der Waals surface area contributed by atoms with Crippen LogP contribution in [0.5, 0.6) is 0 Å². The molecule has 20 heavy (non-hydrogen) atoms. The number of pyridine rings is 1. The van der Waals surface area contributed by atoms with Gasteiger partial charge in [0.15, 0.2) is 0 Å². The zero-order valence-electron chi connectivity index (χ0n) is 11.8. The number of fused-ring (bicyclic) bond motifs is 1. The number of hydrogen-bond donors (Lipinski definition) is 1. The first-order chi connectivity index (χ1) is 9.59. The zero-order valence-corrected chi connectivity index (χ0v) is 13.4. The smallest absolute Gasteiger partial charge is 0.270 e. The Hall–Kier alpha value is -1.42. The number of hydrogen-bond acceptors (Lipinski definition) is 2. The molecule has 1 amide bonds. The Morgan fingerprint density at radius 2 is 2.10 bits per heavy atom. The molecule has 4 heteroatoms. The van der Waals surface area contributed by atoms with E-state index in [1.54, 1.807) is 6.20 Å². The van der Waals surface area contributed by atoms with Crippen LogP contribution in [0, 0.1) is 0 Å². The van der Waals surface area contributed by atoms with E-state index in [1.165, 1.54) is 0 Å². The van der Waals surface area contributed by atoms with Crippen molar-refractivity contribution in [3.8, 4) is 0 Å². The summed E-state index contributed by atoms with van der Waals surface area (Å²) in [4.78, 5) is 16.8. The molecule has 1 N–H and O–H groups in total. The normalized spacial score (nSPS) is 13.9. The maximum Gasteiger partial charge on any atom is 0.270 e. The van der Waals surface area contributed by atoms with Gasteiger partial charge >= 0.3 is 0 Å². The molecule has 0 fully saturated rings. The fourth-order valence-corrected chi connectivity index (χ4v) is 3.05. The van der Waals surface area contributed by atoms with Gasteiger partial charge < -0.3 is 5.32 Å². The summed E-state index contributed by atoms with van der Waals surface area (Å²) in [5.74, 6) is -0.105. The van der Waals surface area contributed by atoms with Crippen LogP contribution in [0.25, 0.3) is 10.8 Å². The quantitative estimate of drug-likeness (QED) is 0.842. The van der Waals surface area contributed by atoms with Gasteiger partial charge in [0.25, 0.3) is 5.91 Å². The lowest BCUT2D eigenvalue weighted by molar-refractivity contribution is 0.0898. The first kappa shape index (κ1) is 15.0. The summed E-state index contributed by atoms with van der Waals surface area (Å²) >= 11 is 3.45. The fraction of sp³-hybridized carbons (Fsp3) is 0.375. The van der Waals surface area contributed by atoms with Crippen molar-refractivity contribution in [1.82, 2.24) is 10.3 Å². The molecule has 0 bridgehead atoms. The van der Waals surface area contributed by atoms with E-state index in [1.807, 2.05) is 30.3 Å². The number of amides is 1. The van der Waals surface area contributed by atoms with E-state index in [4.69, 9.17) is 0 Å². The van der Waals surface area contributed by atoms with Crippen molar-refractivity contribution in [2.75, 3.05) is 5.33 Å². The molecule has 106 valence electrons. The summed E-state index contributed by atoms with van der Waals surface area (Å²) in [6.07, 6.45) is 3.46. The van der Waals surface area contributed by atoms with Gasteiger partial charge in [-0.05, 0) is 31.2 Å². The maximum absolute atomic E-state index is 12.5. The van der Waals surface area contributed by atoms with Gasteiger partial charge in [0.05, 0.1) is 0 Å². The summed E-state index contributed by atoms with van der Waals surface area (Å²) in [5.41, 5.74) is 0.288. The minimum atomic E-state index is -0.209. The molecule has 0 aliphatic carbocycles. The van der Waals surface area contributed by atoms with E-state index in [-0.39, 0.29) is 11.4 Å². The van der Waals surface area contributed by atoms with Crippen LogP contribution in [0.2, 0.25) is 0 Å². The lowest BCUT2D eigenvalue weighted by Gasteiger charge is -2.29. The number of carbonyl (C=O) groups excluding carboxylic acids is 1. The van der Waals surface area contributed by atoms with Crippen LogP contribution in [0.1, 0.15) is 37.2 Å². The summed E-state index contributed by atoms with van der Waals surface area (Å²) in [5, 5.41) is 5.91. The fourth-order valence-electron chi connectivity index (χ4n) is 2.17. The number of carbonyl (C=O) groups is 1. The Kier molecular flexibility index (Phi) is 4.76. The molecule has 2 rings (SSSR count). The molecule has 1 aromatic carbocycles. The Morgan fingerprint density at radius 3 is 2.80 bits per heavy atom. The van der Waals surface area contributed by atoms with E-state index < -0.39 is 0 Å². The topological polar surface area (TPSA) is 42.0 Å². The van der Waals surface area contributed by atoms with Gasteiger partial charge in [-0.3, -0.25) is 9.78 Å². The number of alkyl halides is 1. The Morgan fingerprint density at radius 1 is 1.35 bits per heavy atom. The SMILES string of the molecule is CCC(C)(CCBr)NC(=O)c1nccc2ccccc12. The van der Waals surface area contributed by atoms with E-state index in [9.17, 15) is 4.79 Å². The largest absolute Gasteiger partial charge is 0.346 e. The molecule has 1 aromatic heterocycles. The lowest BCUT2D eigenvalue weighted by Crippen LogP contribution is -2.46. The molecule has 1 unspecified atom stereocenters. The minimum absolute atomic E-state index is 0.105. The monoisotopic (exact) mass is 334 g/mol. The second-order valence-corrected chi connectivity index (χ2v) is 5.98. The molecule has 0 saturated heterocycles. The predicted molar refractivity (Wildman–Crippen MR) is 86.3 cm³/mol. The predicted octanol–water partition coefficient (Wildman–Crippen LogP) is 3.92. The van der Waals surface area contributed by atoms with Crippen LogP contribution in [0.3, 0.4) is 0 Å². The van der Waals surface area contributed by atoms with Crippen molar-refractivity contribution >= 4 is 32.6 Å². The van der Waals surface area contributed by atoms with E-state index >= 15 is 0 Å². The number of rotatable bonds is 5. The standard InChI is InChI=1S/C16H19BrN2O/c1-3-16(2,9-10-17)19-15(20)14-13-7-5-4-6-12(13)8-11-18-14/h4-8,11H,3,9-10H2,1-2H3,(H,19,20). The number of nitrogens with one attached hydrogen (secondary N) is 1. The highest BCUT2D eigenvalue weighted by atomic mass is 79.9. The Balaban J connectivity index is 2.32. The third-order valence-corrected chi connectivity index (χ3v) is 4.13. The number of nitrogens with zero attached hydrogens (tertiary/aromatic N) is 1.